The largest absolute Gasteiger partial charge is 0.356 e. The molecule has 0 aliphatic carbocycles. The van der Waals surface area contributed by atoms with Gasteiger partial charge in [-0.3, -0.25) is 9.78 Å². The SMILES string of the molecule is Cc1nc(N2CCCCC2)cc(N2CCN(C(=O)c3cc(-c4cccnc4)on3)CC2)n1. The van der Waals surface area contributed by atoms with E-state index in [1.165, 1.54) is 19.3 Å². The van der Waals surface area contributed by atoms with Crippen LogP contribution in [-0.4, -0.2) is 70.2 Å². The summed E-state index contributed by atoms with van der Waals surface area (Å²) in [7, 11) is 0. The number of aromatic nitrogens is 4. The molecule has 2 aliphatic rings. The van der Waals surface area contributed by atoms with Crippen LogP contribution in [0.5, 0.6) is 0 Å². The molecule has 9 heteroatoms. The lowest BCUT2D eigenvalue weighted by Crippen LogP contribution is -2.49. The van der Waals surface area contributed by atoms with Crippen molar-refractivity contribution in [1.29, 1.82) is 0 Å². The number of piperazine rings is 1. The van der Waals surface area contributed by atoms with Crippen LogP contribution < -0.4 is 9.80 Å². The topological polar surface area (TPSA) is 91.5 Å². The lowest BCUT2D eigenvalue weighted by molar-refractivity contribution is 0.0736. The zero-order valence-corrected chi connectivity index (χ0v) is 18.3. The number of hydrogen-bond acceptors (Lipinski definition) is 8. The van der Waals surface area contributed by atoms with E-state index >= 15 is 0 Å². The molecule has 0 aromatic carbocycles. The molecule has 0 saturated carbocycles. The third kappa shape index (κ3) is 4.28. The molecule has 3 aromatic rings. The molecule has 0 spiro atoms. The van der Waals surface area contributed by atoms with Crippen LogP contribution in [0.25, 0.3) is 11.3 Å². The summed E-state index contributed by atoms with van der Waals surface area (Å²) in [6.45, 7) is 6.70. The van der Waals surface area contributed by atoms with Crippen molar-refractivity contribution >= 4 is 17.5 Å². The zero-order valence-electron chi connectivity index (χ0n) is 18.3. The molecule has 0 unspecified atom stereocenters. The van der Waals surface area contributed by atoms with Crippen LogP contribution >= 0.6 is 0 Å². The highest BCUT2D eigenvalue weighted by Crippen LogP contribution is 2.24. The number of aryl methyl sites for hydroxylation is 1. The third-order valence-electron chi connectivity index (χ3n) is 6.06. The van der Waals surface area contributed by atoms with Gasteiger partial charge in [-0.05, 0) is 38.3 Å². The smallest absolute Gasteiger partial charge is 0.276 e. The summed E-state index contributed by atoms with van der Waals surface area (Å²) >= 11 is 0. The molecule has 5 rings (SSSR count). The van der Waals surface area contributed by atoms with E-state index in [1.54, 1.807) is 18.5 Å². The van der Waals surface area contributed by atoms with Gasteiger partial charge < -0.3 is 19.2 Å². The number of hydrogen-bond donors (Lipinski definition) is 0. The number of anilines is 2. The fraction of sp³-hybridized carbons (Fsp3) is 0.435. The van der Waals surface area contributed by atoms with E-state index in [0.717, 1.165) is 49.2 Å². The molecule has 166 valence electrons. The molecule has 1 amide bonds. The molecular formula is C23H27N7O2. The monoisotopic (exact) mass is 433 g/mol. The van der Waals surface area contributed by atoms with E-state index in [-0.39, 0.29) is 5.91 Å². The van der Waals surface area contributed by atoms with Gasteiger partial charge in [-0.2, -0.15) is 0 Å². The lowest BCUT2D eigenvalue weighted by Gasteiger charge is -2.35. The Bertz CT molecular complexity index is 1070. The van der Waals surface area contributed by atoms with E-state index in [4.69, 9.17) is 4.52 Å². The maximum atomic E-state index is 12.9. The van der Waals surface area contributed by atoms with Crippen LogP contribution in [0.15, 0.2) is 41.2 Å². The minimum Gasteiger partial charge on any atom is -0.356 e. The molecule has 3 aromatic heterocycles. The van der Waals surface area contributed by atoms with E-state index in [1.807, 2.05) is 24.0 Å². The molecule has 32 heavy (non-hydrogen) atoms. The molecule has 5 heterocycles. The summed E-state index contributed by atoms with van der Waals surface area (Å²) in [6, 6.07) is 7.48. The molecule has 2 aliphatic heterocycles. The Hall–Kier alpha value is -3.49. The number of carbonyl (C=O) groups excluding carboxylic acids is 1. The zero-order chi connectivity index (χ0) is 21.9. The van der Waals surface area contributed by atoms with Gasteiger partial charge in [0.1, 0.15) is 17.5 Å². The standard InChI is InChI=1S/C23H27N7O2/c1-17-25-21(28-8-3-2-4-9-28)15-22(26-17)29-10-12-30(13-11-29)23(31)19-14-20(32-27-19)18-6-5-7-24-16-18/h5-7,14-16H,2-4,8-13H2,1H3. The van der Waals surface area contributed by atoms with Gasteiger partial charge >= 0.3 is 0 Å². The van der Waals surface area contributed by atoms with Gasteiger partial charge in [0, 0.05) is 69.4 Å². The maximum Gasteiger partial charge on any atom is 0.276 e. The summed E-state index contributed by atoms with van der Waals surface area (Å²) in [5.74, 6) is 3.16. The molecule has 2 saturated heterocycles. The summed E-state index contributed by atoms with van der Waals surface area (Å²) in [5.41, 5.74) is 1.12. The van der Waals surface area contributed by atoms with Gasteiger partial charge in [-0.1, -0.05) is 5.16 Å². The predicted octanol–water partition coefficient (Wildman–Crippen LogP) is 2.79. The first-order chi connectivity index (χ1) is 15.7. The first-order valence-electron chi connectivity index (χ1n) is 11.2. The fourth-order valence-electron chi connectivity index (χ4n) is 4.30. The maximum absolute atomic E-state index is 12.9. The van der Waals surface area contributed by atoms with Gasteiger partial charge in [0.15, 0.2) is 11.5 Å². The van der Waals surface area contributed by atoms with E-state index < -0.39 is 0 Å². The van der Waals surface area contributed by atoms with Crippen molar-refractivity contribution in [3.8, 4) is 11.3 Å². The Morgan fingerprint density at radius 1 is 0.938 bits per heavy atom. The Morgan fingerprint density at radius 3 is 2.34 bits per heavy atom. The Morgan fingerprint density at radius 2 is 1.66 bits per heavy atom. The average Bonchev–Trinajstić information content (AvgIpc) is 3.35. The molecule has 0 atom stereocenters. The Kier molecular flexibility index (Phi) is 5.70. The highest BCUT2D eigenvalue weighted by atomic mass is 16.5. The fourth-order valence-corrected chi connectivity index (χ4v) is 4.30. The number of nitrogens with zero attached hydrogens (tertiary/aromatic N) is 7. The van der Waals surface area contributed by atoms with Gasteiger partial charge in [0.05, 0.1) is 0 Å². The Labute approximate surface area is 187 Å². The third-order valence-corrected chi connectivity index (χ3v) is 6.06. The van der Waals surface area contributed by atoms with Crippen molar-refractivity contribution in [2.75, 3.05) is 49.1 Å². The molecule has 2 fully saturated rings. The minimum absolute atomic E-state index is 0.114. The molecule has 0 N–H and O–H groups in total. The van der Waals surface area contributed by atoms with Crippen molar-refractivity contribution in [2.24, 2.45) is 0 Å². The highest BCUT2D eigenvalue weighted by molar-refractivity contribution is 5.93. The average molecular weight is 434 g/mol. The second-order valence-electron chi connectivity index (χ2n) is 8.28. The first-order valence-corrected chi connectivity index (χ1v) is 11.2. The van der Waals surface area contributed by atoms with Crippen LogP contribution in [0.4, 0.5) is 11.6 Å². The van der Waals surface area contributed by atoms with E-state index in [9.17, 15) is 4.79 Å². The first kappa shape index (κ1) is 20.4. The second kappa shape index (κ2) is 8.94. The van der Waals surface area contributed by atoms with Crippen molar-refractivity contribution in [3.05, 3.63) is 48.2 Å². The highest BCUT2D eigenvalue weighted by Gasteiger charge is 2.26. The van der Waals surface area contributed by atoms with Crippen molar-refractivity contribution in [1.82, 2.24) is 25.0 Å². The number of piperidine rings is 1. The van der Waals surface area contributed by atoms with Gasteiger partial charge in [-0.25, -0.2) is 9.97 Å². The molecule has 0 bridgehead atoms. The lowest BCUT2D eigenvalue weighted by atomic mass is 10.1. The summed E-state index contributed by atoms with van der Waals surface area (Å²) in [4.78, 5) is 32.8. The van der Waals surface area contributed by atoms with Crippen LogP contribution in [0.1, 0.15) is 35.6 Å². The summed E-state index contributed by atoms with van der Waals surface area (Å²) in [6.07, 6.45) is 7.10. The molecular weight excluding hydrogens is 406 g/mol. The van der Waals surface area contributed by atoms with E-state index in [0.29, 0.717) is 24.5 Å². The number of carbonyl (C=O) groups is 1. The number of amides is 1. The second-order valence-corrected chi connectivity index (χ2v) is 8.28. The summed E-state index contributed by atoms with van der Waals surface area (Å²) < 4.78 is 5.37. The van der Waals surface area contributed by atoms with Gasteiger partial charge in [0.25, 0.3) is 5.91 Å². The normalized spacial score (nSPS) is 17.0. The number of rotatable bonds is 4. The van der Waals surface area contributed by atoms with Crippen molar-refractivity contribution < 1.29 is 9.32 Å². The van der Waals surface area contributed by atoms with Crippen molar-refractivity contribution in [3.63, 3.8) is 0 Å². The predicted molar refractivity (Wildman–Crippen MR) is 121 cm³/mol. The van der Waals surface area contributed by atoms with Crippen LogP contribution in [0.2, 0.25) is 0 Å². The molecule has 9 nitrogen and oxygen atoms in total. The van der Waals surface area contributed by atoms with Gasteiger partial charge in [-0.15, -0.1) is 0 Å². The summed E-state index contributed by atoms with van der Waals surface area (Å²) in [5, 5.41) is 3.99. The van der Waals surface area contributed by atoms with Crippen LogP contribution in [-0.2, 0) is 0 Å². The Balaban J connectivity index is 1.24. The number of pyridine rings is 1. The van der Waals surface area contributed by atoms with E-state index in [2.05, 4.69) is 36.0 Å². The molecule has 0 radical (unpaired) electrons. The quantitative estimate of drug-likeness (QED) is 0.620. The van der Waals surface area contributed by atoms with Gasteiger partial charge in [0.2, 0.25) is 0 Å². The van der Waals surface area contributed by atoms with Crippen LogP contribution in [0, 0.1) is 6.92 Å². The minimum atomic E-state index is -0.114. The van der Waals surface area contributed by atoms with Crippen LogP contribution in [0.3, 0.4) is 0 Å². The van der Waals surface area contributed by atoms with Crippen molar-refractivity contribution in [2.45, 2.75) is 26.2 Å².